The number of benzene rings is 2. The van der Waals surface area contributed by atoms with Crippen molar-refractivity contribution in [2.24, 2.45) is 0 Å². The fraction of sp³-hybridized carbons (Fsp3) is 0.333. The van der Waals surface area contributed by atoms with E-state index in [4.69, 9.17) is 40.1 Å². The van der Waals surface area contributed by atoms with E-state index in [1.54, 1.807) is 6.07 Å². The molecular formula is C21H21Cl3N4O. The Kier molecular flexibility index (Phi) is 7.26. The van der Waals surface area contributed by atoms with Gasteiger partial charge in [-0.1, -0.05) is 34.8 Å². The number of carbonyl (C=O) groups excluding carboxylic acids is 1. The Hall–Kier alpha value is -1.97. The van der Waals surface area contributed by atoms with Crippen molar-refractivity contribution in [2.75, 3.05) is 36.4 Å². The molecule has 8 heteroatoms. The van der Waals surface area contributed by atoms with Crippen molar-refractivity contribution in [2.45, 2.75) is 19.4 Å². The van der Waals surface area contributed by atoms with Gasteiger partial charge in [-0.05, 0) is 49.7 Å². The van der Waals surface area contributed by atoms with Gasteiger partial charge in [-0.2, -0.15) is 5.26 Å². The number of hydrogen-bond acceptors (Lipinski definition) is 4. The normalized spacial score (nSPS) is 16.0. The van der Waals surface area contributed by atoms with Crippen LogP contribution in [0.2, 0.25) is 15.1 Å². The Bertz CT molecular complexity index is 927. The van der Waals surface area contributed by atoms with Gasteiger partial charge in [-0.15, -0.1) is 0 Å². The Morgan fingerprint density at radius 1 is 1.03 bits per heavy atom. The van der Waals surface area contributed by atoms with Crippen LogP contribution in [0.15, 0.2) is 36.4 Å². The van der Waals surface area contributed by atoms with Crippen LogP contribution in [0.4, 0.5) is 11.4 Å². The molecular weight excluding hydrogens is 431 g/mol. The van der Waals surface area contributed by atoms with Gasteiger partial charge in [0.2, 0.25) is 5.91 Å². The third kappa shape index (κ3) is 5.34. The maximum atomic E-state index is 12.8. The average Bonchev–Trinajstić information content (AvgIpc) is 2.97. The molecule has 1 aliphatic rings. The van der Waals surface area contributed by atoms with Gasteiger partial charge < -0.3 is 10.2 Å². The molecule has 1 aliphatic heterocycles. The maximum absolute atomic E-state index is 12.8. The minimum Gasteiger partial charge on any atom is -0.370 e. The Labute approximate surface area is 185 Å². The number of nitriles is 1. The predicted molar refractivity (Wildman–Crippen MR) is 119 cm³/mol. The third-order valence-electron chi connectivity index (χ3n) is 5.09. The van der Waals surface area contributed by atoms with Crippen LogP contribution in [0.25, 0.3) is 0 Å². The molecule has 2 aromatic carbocycles. The number of nitrogens with zero attached hydrogens (tertiary/aromatic N) is 3. The minimum absolute atomic E-state index is 0.142. The molecule has 0 bridgehead atoms. The predicted octanol–water partition coefficient (Wildman–Crippen LogP) is 5.06. The molecule has 1 saturated heterocycles. The van der Waals surface area contributed by atoms with Crippen LogP contribution < -0.4 is 10.2 Å². The molecule has 0 radical (unpaired) electrons. The largest absolute Gasteiger partial charge is 0.370 e. The van der Waals surface area contributed by atoms with E-state index in [-0.39, 0.29) is 11.9 Å². The van der Waals surface area contributed by atoms with Gasteiger partial charge in [0, 0.05) is 31.9 Å². The summed E-state index contributed by atoms with van der Waals surface area (Å²) < 4.78 is 0. The van der Waals surface area contributed by atoms with Crippen molar-refractivity contribution < 1.29 is 4.79 Å². The molecule has 1 unspecified atom stereocenters. The minimum atomic E-state index is -0.318. The van der Waals surface area contributed by atoms with Gasteiger partial charge in [0.05, 0.1) is 38.4 Å². The van der Waals surface area contributed by atoms with E-state index < -0.39 is 0 Å². The highest BCUT2D eigenvalue weighted by atomic mass is 35.5. The standard InChI is InChI=1S/C21H21Cl3N4O/c1-14(21(29)26-20-12-18(23)17(22)11-19(20)24)27-7-2-8-28(10-9-27)16-5-3-15(13-25)4-6-16/h3-6,11-12,14H,2,7-10H2,1H3,(H,26,29). The summed E-state index contributed by atoms with van der Waals surface area (Å²) in [6.07, 6.45) is 0.936. The highest BCUT2D eigenvalue weighted by Gasteiger charge is 2.25. The van der Waals surface area contributed by atoms with Gasteiger partial charge >= 0.3 is 0 Å². The zero-order valence-corrected chi connectivity index (χ0v) is 18.2. The summed E-state index contributed by atoms with van der Waals surface area (Å²) in [5.41, 5.74) is 2.19. The van der Waals surface area contributed by atoms with Crippen LogP contribution in [0.5, 0.6) is 0 Å². The van der Waals surface area contributed by atoms with E-state index in [1.807, 2.05) is 31.2 Å². The first-order valence-corrected chi connectivity index (χ1v) is 10.5. The van der Waals surface area contributed by atoms with Gasteiger partial charge in [-0.25, -0.2) is 0 Å². The first-order chi connectivity index (χ1) is 13.9. The van der Waals surface area contributed by atoms with Crippen molar-refractivity contribution in [3.63, 3.8) is 0 Å². The lowest BCUT2D eigenvalue weighted by atomic mass is 10.2. The number of hydrogen-bond donors (Lipinski definition) is 1. The quantitative estimate of drug-likeness (QED) is 0.660. The first-order valence-electron chi connectivity index (χ1n) is 9.33. The molecule has 0 spiro atoms. The molecule has 0 aliphatic carbocycles. The first kappa shape index (κ1) is 21.7. The smallest absolute Gasteiger partial charge is 0.241 e. The Balaban J connectivity index is 1.62. The third-order valence-corrected chi connectivity index (χ3v) is 6.12. The summed E-state index contributed by atoms with van der Waals surface area (Å²) >= 11 is 18.2. The molecule has 5 nitrogen and oxygen atoms in total. The lowest BCUT2D eigenvalue weighted by Gasteiger charge is -2.27. The van der Waals surface area contributed by atoms with E-state index >= 15 is 0 Å². The topological polar surface area (TPSA) is 59.4 Å². The molecule has 1 heterocycles. The van der Waals surface area contributed by atoms with Crippen molar-refractivity contribution in [1.29, 1.82) is 5.26 Å². The summed E-state index contributed by atoms with van der Waals surface area (Å²) in [6, 6.07) is 12.5. The van der Waals surface area contributed by atoms with E-state index in [0.29, 0.717) is 26.3 Å². The molecule has 1 N–H and O–H groups in total. The highest BCUT2D eigenvalue weighted by Crippen LogP contribution is 2.32. The van der Waals surface area contributed by atoms with Crippen molar-refractivity contribution >= 4 is 52.1 Å². The Morgan fingerprint density at radius 2 is 1.72 bits per heavy atom. The zero-order valence-electron chi connectivity index (χ0n) is 16.0. The second kappa shape index (κ2) is 9.69. The van der Waals surface area contributed by atoms with Crippen LogP contribution in [-0.2, 0) is 4.79 Å². The lowest BCUT2D eigenvalue weighted by molar-refractivity contribution is -0.120. The van der Waals surface area contributed by atoms with E-state index in [2.05, 4.69) is 21.2 Å². The average molecular weight is 452 g/mol. The fourth-order valence-corrected chi connectivity index (χ4v) is 3.95. The summed E-state index contributed by atoms with van der Waals surface area (Å²) in [6.45, 7) is 5.16. The lowest BCUT2D eigenvalue weighted by Crippen LogP contribution is -2.44. The summed E-state index contributed by atoms with van der Waals surface area (Å²) in [4.78, 5) is 17.2. The molecule has 29 heavy (non-hydrogen) atoms. The second-order valence-electron chi connectivity index (χ2n) is 6.95. The monoisotopic (exact) mass is 450 g/mol. The number of halogens is 3. The van der Waals surface area contributed by atoms with Crippen molar-refractivity contribution in [1.82, 2.24) is 4.90 Å². The molecule has 152 valence electrons. The van der Waals surface area contributed by atoms with Crippen LogP contribution in [-0.4, -0.2) is 43.0 Å². The number of rotatable bonds is 4. The van der Waals surface area contributed by atoms with Crippen LogP contribution in [0.1, 0.15) is 18.9 Å². The summed E-state index contributed by atoms with van der Waals surface area (Å²) in [5.74, 6) is -0.142. The molecule has 2 aromatic rings. The highest BCUT2D eigenvalue weighted by molar-refractivity contribution is 6.44. The van der Waals surface area contributed by atoms with Gasteiger partial charge in [0.15, 0.2) is 0 Å². The molecule has 1 atom stereocenters. The van der Waals surface area contributed by atoms with Crippen LogP contribution >= 0.6 is 34.8 Å². The second-order valence-corrected chi connectivity index (χ2v) is 8.17. The number of nitrogens with one attached hydrogen (secondary N) is 1. The maximum Gasteiger partial charge on any atom is 0.241 e. The molecule has 0 aromatic heterocycles. The van der Waals surface area contributed by atoms with E-state index in [0.717, 1.165) is 38.3 Å². The summed E-state index contributed by atoms with van der Waals surface area (Å²) in [5, 5.41) is 12.8. The number of anilines is 2. The fourth-order valence-electron chi connectivity index (χ4n) is 3.35. The van der Waals surface area contributed by atoms with Crippen LogP contribution in [0, 0.1) is 11.3 Å². The van der Waals surface area contributed by atoms with E-state index in [1.165, 1.54) is 6.07 Å². The Morgan fingerprint density at radius 3 is 2.41 bits per heavy atom. The molecule has 3 rings (SSSR count). The van der Waals surface area contributed by atoms with Gasteiger partial charge in [-0.3, -0.25) is 9.69 Å². The molecule has 0 saturated carbocycles. The zero-order chi connectivity index (χ0) is 21.0. The summed E-state index contributed by atoms with van der Waals surface area (Å²) in [7, 11) is 0. The molecule has 1 amide bonds. The number of carbonyl (C=O) groups is 1. The number of amides is 1. The van der Waals surface area contributed by atoms with E-state index in [9.17, 15) is 4.79 Å². The van der Waals surface area contributed by atoms with Gasteiger partial charge in [0.1, 0.15) is 0 Å². The van der Waals surface area contributed by atoms with Crippen LogP contribution in [0.3, 0.4) is 0 Å². The SMILES string of the molecule is CC(C(=O)Nc1cc(Cl)c(Cl)cc1Cl)N1CCCN(c2ccc(C#N)cc2)CC1. The molecule has 1 fully saturated rings. The van der Waals surface area contributed by atoms with Crippen molar-refractivity contribution in [3.05, 3.63) is 57.0 Å². The van der Waals surface area contributed by atoms with Crippen molar-refractivity contribution in [3.8, 4) is 6.07 Å². The van der Waals surface area contributed by atoms with Gasteiger partial charge in [0.25, 0.3) is 0 Å².